The summed E-state index contributed by atoms with van der Waals surface area (Å²) >= 11 is 5.54. The Morgan fingerprint density at radius 3 is 2.19 bits per heavy atom. The molecule has 2 aromatic carbocycles. The molecule has 1 N–H and O–H groups in total. The molecule has 0 radical (unpaired) electrons. The molecule has 1 atom stereocenters. The van der Waals surface area contributed by atoms with Gasteiger partial charge in [-0.2, -0.15) is 4.31 Å². The third-order valence-corrected chi connectivity index (χ3v) is 7.11. The zero-order chi connectivity index (χ0) is 19.4. The summed E-state index contributed by atoms with van der Waals surface area (Å²) in [6.07, 6.45) is 0. The van der Waals surface area contributed by atoms with Crippen LogP contribution in [0.5, 0.6) is 0 Å². The largest absolute Gasteiger partial charge is 0.356 e. The number of hydrogen-bond acceptors (Lipinski definition) is 3. The van der Waals surface area contributed by atoms with Gasteiger partial charge in [-0.15, -0.1) is 0 Å². The molecule has 1 heterocycles. The van der Waals surface area contributed by atoms with E-state index < -0.39 is 10.0 Å². The van der Waals surface area contributed by atoms with Crippen molar-refractivity contribution in [1.29, 1.82) is 0 Å². The molecule has 0 aromatic heterocycles. The molecule has 27 heavy (non-hydrogen) atoms. The second-order valence-electron chi connectivity index (χ2n) is 6.79. The van der Waals surface area contributed by atoms with Gasteiger partial charge in [0.15, 0.2) is 5.11 Å². The predicted octanol–water partition coefficient (Wildman–Crippen LogP) is 2.94. The quantitative estimate of drug-likeness (QED) is 0.796. The van der Waals surface area contributed by atoms with Gasteiger partial charge in [-0.1, -0.05) is 48.0 Å². The van der Waals surface area contributed by atoms with E-state index in [0.717, 1.165) is 5.56 Å². The van der Waals surface area contributed by atoms with Crippen LogP contribution >= 0.6 is 12.2 Å². The van der Waals surface area contributed by atoms with Gasteiger partial charge in [0.25, 0.3) is 0 Å². The van der Waals surface area contributed by atoms with Crippen molar-refractivity contribution < 1.29 is 8.42 Å². The molecular formula is C20H25N3O2S2. The lowest BCUT2D eigenvalue weighted by Gasteiger charge is -2.36. The topological polar surface area (TPSA) is 52.7 Å². The van der Waals surface area contributed by atoms with Crippen LogP contribution < -0.4 is 5.32 Å². The monoisotopic (exact) mass is 403 g/mol. The molecule has 1 aliphatic heterocycles. The number of aryl methyl sites for hydroxylation is 1. The van der Waals surface area contributed by atoms with E-state index in [2.05, 4.69) is 24.4 Å². The highest BCUT2D eigenvalue weighted by atomic mass is 32.2. The first-order chi connectivity index (χ1) is 12.9. The Kier molecular flexibility index (Phi) is 6.14. The molecule has 1 saturated heterocycles. The number of benzene rings is 2. The Hall–Kier alpha value is -1.96. The maximum atomic E-state index is 12.8. The van der Waals surface area contributed by atoms with Crippen LogP contribution in [-0.2, 0) is 10.0 Å². The Morgan fingerprint density at radius 2 is 1.59 bits per heavy atom. The molecule has 2 aromatic rings. The minimum absolute atomic E-state index is 0.105. The van der Waals surface area contributed by atoms with Crippen LogP contribution in [0.1, 0.15) is 24.1 Å². The molecule has 0 bridgehead atoms. The van der Waals surface area contributed by atoms with Gasteiger partial charge in [0, 0.05) is 26.2 Å². The summed E-state index contributed by atoms with van der Waals surface area (Å²) in [4.78, 5) is 2.38. The van der Waals surface area contributed by atoms with Gasteiger partial charge in [0.05, 0.1) is 10.9 Å². The maximum Gasteiger partial charge on any atom is 0.243 e. The summed E-state index contributed by atoms with van der Waals surface area (Å²) in [5.41, 5.74) is 2.21. The van der Waals surface area contributed by atoms with Crippen LogP contribution in [0.15, 0.2) is 59.5 Å². The van der Waals surface area contributed by atoms with E-state index in [1.165, 1.54) is 9.87 Å². The predicted molar refractivity (Wildman–Crippen MR) is 112 cm³/mol. The van der Waals surface area contributed by atoms with E-state index in [4.69, 9.17) is 12.2 Å². The van der Waals surface area contributed by atoms with Crippen molar-refractivity contribution in [2.24, 2.45) is 0 Å². The van der Waals surface area contributed by atoms with E-state index in [9.17, 15) is 8.42 Å². The highest BCUT2D eigenvalue weighted by molar-refractivity contribution is 7.89. The Balaban J connectivity index is 1.58. The SMILES string of the molecule is Cc1ccc(S(=O)(=O)N2CCN(C(=S)NC(C)c3ccccc3)CC2)cc1. The minimum Gasteiger partial charge on any atom is -0.356 e. The Morgan fingerprint density at radius 1 is 1.00 bits per heavy atom. The van der Waals surface area contributed by atoms with E-state index in [1.807, 2.05) is 42.2 Å². The first-order valence-electron chi connectivity index (χ1n) is 9.05. The summed E-state index contributed by atoms with van der Waals surface area (Å²) < 4.78 is 27.1. The molecule has 1 aliphatic rings. The van der Waals surface area contributed by atoms with Gasteiger partial charge in [-0.3, -0.25) is 0 Å². The van der Waals surface area contributed by atoms with Crippen LogP contribution in [0.3, 0.4) is 0 Å². The first kappa shape index (κ1) is 19.8. The number of piperazine rings is 1. The molecular weight excluding hydrogens is 378 g/mol. The summed E-state index contributed by atoms with van der Waals surface area (Å²) in [5.74, 6) is 0. The summed E-state index contributed by atoms with van der Waals surface area (Å²) in [5, 5.41) is 4.01. The van der Waals surface area contributed by atoms with E-state index in [1.54, 1.807) is 12.1 Å². The van der Waals surface area contributed by atoms with Gasteiger partial charge in [0.2, 0.25) is 10.0 Å². The number of nitrogens with zero attached hydrogens (tertiary/aromatic N) is 2. The standard InChI is InChI=1S/C20H25N3O2S2/c1-16-8-10-19(11-9-16)27(24,25)23-14-12-22(13-15-23)20(26)21-17(2)18-6-4-3-5-7-18/h3-11,17H,12-15H2,1-2H3,(H,21,26). The van der Waals surface area contributed by atoms with Gasteiger partial charge >= 0.3 is 0 Å². The van der Waals surface area contributed by atoms with Crippen LogP contribution in [0, 0.1) is 6.92 Å². The lowest BCUT2D eigenvalue weighted by molar-refractivity contribution is 0.262. The lowest BCUT2D eigenvalue weighted by atomic mass is 10.1. The number of hydrogen-bond donors (Lipinski definition) is 1. The molecule has 0 spiro atoms. The van der Waals surface area contributed by atoms with Crippen molar-refractivity contribution >= 4 is 27.4 Å². The summed E-state index contributed by atoms with van der Waals surface area (Å²) in [6, 6.07) is 17.2. The highest BCUT2D eigenvalue weighted by Crippen LogP contribution is 2.19. The average molecular weight is 404 g/mol. The molecule has 1 fully saturated rings. The maximum absolute atomic E-state index is 12.8. The fraction of sp³-hybridized carbons (Fsp3) is 0.350. The van der Waals surface area contributed by atoms with Crippen molar-refractivity contribution in [1.82, 2.24) is 14.5 Å². The third kappa shape index (κ3) is 4.66. The Labute approximate surface area is 167 Å². The minimum atomic E-state index is -3.45. The molecule has 1 unspecified atom stereocenters. The fourth-order valence-electron chi connectivity index (χ4n) is 3.09. The van der Waals surface area contributed by atoms with Crippen LogP contribution in [0.2, 0.25) is 0 Å². The summed E-state index contributed by atoms with van der Waals surface area (Å²) in [7, 11) is -3.45. The van der Waals surface area contributed by atoms with Gasteiger partial charge in [0.1, 0.15) is 0 Å². The second-order valence-corrected chi connectivity index (χ2v) is 9.11. The van der Waals surface area contributed by atoms with Crippen LogP contribution in [0.4, 0.5) is 0 Å². The third-order valence-electron chi connectivity index (χ3n) is 4.82. The van der Waals surface area contributed by atoms with E-state index in [0.29, 0.717) is 36.2 Å². The smallest absolute Gasteiger partial charge is 0.243 e. The zero-order valence-electron chi connectivity index (χ0n) is 15.6. The first-order valence-corrected chi connectivity index (χ1v) is 10.9. The van der Waals surface area contributed by atoms with Gasteiger partial charge < -0.3 is 10.2 Å². The molecule has 0 saturated carbocycles. The average Bonchev–Trinajstić information content (AvgIpc) is 2.69. The molecule has 5 nitrogen and oxygen atoms in total. The van der Waals surface area contributed by atoms with Crippen molar-refractivity contribution in [3.8, 4) is 0 Å². The normalized spacial score (nSPS) is 16.7. The van der Waals surface area contributed by atoms with Gasteiger partial charge in [-0.25, -0.2) is 8.42 Å². The van der Waals surface area contributed by atoms with Crippen molar-refractivity contribution in [2.45, 2.75) is 24.8 Å². The number of rotatable bonds is 4. The van der Waals surface area contributed by atoms with E-state index in [-0.39, 0.29) is 6.04 Å². The molecule has 0 amide bonds. The summed E-state index contributed by atoms with van der Waals surface area (Å²) in [6.45, 7) is 6.03. The fourth-order valence-corrected chi connectivity index (χ4v) is 4.87. The zero-order valence-corrected chi connectivity index (χ0v) is 17.3. The number of thiocarbonyl (C=S) groups is 1. The lowest BCUT2D eigenvalue weighted by Crippen LogP contribution is -2.53. The molecule has 3 rings (SSSR count). The highest BCUT2D eigenvalue weighted by Gasteiger charge is 2.29. The molecule has 7 heteroatoms. The van der Waals surface area contributed by atoms with Crippen LogP contribution in [-0.4, -0.2) is 48.9 Å². The molecule has 144 valence electrons. The Bertz CT molecular complexity index is 875. The number of nitrogens with one attached hydrogen (secondary N) is 1. The van der Waals surface area contributed by atoms with Gasteiger partial charge in [-0.05, 0) is 43.8 Å². The van der Waals surface area contributed by atoms with Crippen LogP contribution in [0.25, 0.3) is 0 Å². The van der Waals surface area contributed by atoms with Crippen molar-refractivity contribution in [2.75, 3.05) is 26.2 Å². The van der Waals surface area contributed by atoms with E-state index >= 15 is 0 Å². The van der Waals surface area contributed by atoms with Crippen molar-refractivity contribution in [3.63, 3.8) is 0 Å². The number of sulfonamides is 1. The molecule has 0 aliphatic carbocycles. The second kappa shape index (κ2) is 8.37. The van der Waals surface area contributed by atoms with Crippen molar-refractivity contribution in [3.05, 3.63) is 65.7 Å².